The van der Waals surface area contributed by atoms with Crippen LogP contribution >= 0.6 is 0 Å². The van der Waals surface area contributed by atoms with Crippen LogP contribution in [0.3, 0.4) is 0 Å². The molecule has 32 heavy (non-hydrogen) atoms. The maximum atomic E-state index is 13.1. The highest BCUT2D eigenvalue weighted by Crippen LogP contribution is 2.34. The van der Waals surface area contributed by atoms with Crippen molar-refractivity contribution in [2.75, 3.05) is 11.4 Å². The first-order valence-electron chi connectivity index (χ1n) is 11.5. The number of benzene rings is 1. The summed E-state index contributed by atoms with van der Waals surface area (Å²) in [5.74, 6) is -0.670. The summed E-state index contributed by atoms with van der Waals surface area (Å²) in [5, 5.41) is 33.0. The number of carbonyl (C=O) groups is 2. The molecule has 1 saturated heterocycles. The largest absolute Gasteiger partial charge is 0.475 e. The number of carbonyl (C=O) groups excluding carboxylic acids is 2. The van der Waals surface area contributed by atoms with Crippen molar-refractivity contribution < 1.29 is 19.6 Å². The van der Waals surface area contributed by atoms with E-state index in [2.05, 4.69) is 20.8 Å². The van der Waals surface area contributed by atoms with Crippen LogP contribution in [-0.4, -0.2) is 63.7 Å². The number of fused-ring (bicyclic) bond motifs is 1. The zero-order valence-electron chi connectivity index (χ0n) is 18.6. The predicted octanol–water partition coefficient (Wildman–Crippen LogP) is 0.969. The van der Waals surface area contributed by atoms with Crippen LogP contribution in [0.1, 0.15) is 46.0 Å². The Hall–Kier alpha value is -2.59. The van der Waals surface area contributed by atoms with Crippen molar-refractivity contribution in [2.45, 2.75) is 64.0 Å². The van der Waals surface area contributed by atoms with Crippen LogP contribution in [0.25, 0.3) is 10.9 Å². The molecule has 9 nitrogen and oxygen atoms in total. The minimum absolute atomic E-state index is 0.172. The van der Waals surface area contributed by atoms with Gasteiger partial charge < -0.3 is 25.6 Å². The smallest absolute Gasteiger partial charge is 0.426 e. The van der Waals surface area contributed by atoms with Gasteiger partial charge in [-0.3, -0.25) is 14.7 Å². The molecule has 3 unspecified atom stereocenters. The number of amides is 2. The number of aromatic amines is 1. The van der Waals surface area contributed by atoms with Gasteiger partial charge in [0, 0.05) is 17.6 Å². The molecule has 4 rings (SSSR count). The van der Waals surface area contributed by atoms with E-state index in [0.29, 0.717) is 18.8 Å². The number of hydrogen-bond acceptors (Lipinski definition) is 6. The van der Waals surface area contributed by atoms with Crippen molar-refractivity contribution in [2.24, 2.45) is 11.8 Å². The fourth-order valence-electron chi connectivity index (χ4n) is 4.31. The minimum atomic E-state index is -1.64. The Balaban J connectivity index is 1.41. The van der Waals surface area contributed by atoms with Gasteiger partial charge in [0.15, 0.2) is 0 Å². The van der Waals surface area contributed by atoms with Crippen LogP contribution in [-0.2, 0) is 9.59 Å². The van der Waals surface area contributed by atoms with Gasteiger partial charge in [0.05, 0.1) is 17.7 Å². The van der Waals surface area contributed by atoms with Gasteiger partial charge in [-0.05, 0) is 49.3 Å². The average molecular weight is 441 g/mol. The Morgan fingerprint density at radius 1 is 1.25 bits per heavy atom. The van der Waals surface area contributed by atoms with E-state index in [0.717, 1.165) is 42.4 Å². The first kappa shape index (κ1) is 22.6. The van der Waals surface area contributed by atoms with E-state index in [-0.39, 0.29) is 23.8 Å². The lowest BCUT2D eigenvalue weighted by atomic mass is 9.75. The van der Waals surface area contributed by atoms with Crippen molar-refractivity contribution >= 4 is 35.5 Å². The Labute approximate surface area is 188 Å². The number of H-pyrrole nitrogens is 1. The molecule has 0 spiro atoms. The van der Waals surface area contributed by atoms with Crippen LogP contribution in [0.2, 0.25) is 0 Å². The Morgan fingerprint density at radius 3 is 2.66 bits per heavy atom. The molecule has 2 aromatic rings. The third-order valence-electron chi connectivity index (χ3n) is 6.39. The van der Waals surface area contributed by atoms with Gasteiger partial charge in [-0.1, -0.05) is 26.7 Å². The SMILES string of the molecule is CC(C)CC(NC(=O)C(CC1CC1)NC(=O)C1CCN1c1ccc2[nH]ncc2c1)B(O)O. The molecule has 2 fully saturated rings. The van der Waals surface area contributed by atoms with E-state index in [1.165, 1.54) is 0 Å². The van der Waals surface area contributed by atoms with Crippen molar-refractivity contribution in [3.63, 3.8) is 0 Å². The molecule has 1 aromatic heterocycles. The standard InChI is InChI=1S/C22H32BN5O4/c1-13(2)9-20(23(31)32)26-21(29)18(10-14-3-4-14)25-22(30)19-7-8-28(19)16-5-6-17-15(11-16)12-24-27-17/h5-6,11-14,18-20,31-32H,3-4,7-10H2,1-2H3,(H,24,27)(H,25,30)(H,26,29). The van der Waals surface area contributed by atoms with Crippen molar-refractivity contribution in [3.8, 4) is 0 Å². The highest BCUT2D eigenvalue weighted by atomic mass is 16.4. The number of nitrogens with one attached hydrogen (secondary N) is 3. The highest BCUT2D eigenvalue weighted by Gasteiger charge is 2.38. The molecule has 1 aliphatic heterocycles. The molecule has 0 radical (unpaired) electrons. The van der Waals surface area contributed by atoms with Gasteiger partial charge in [0.1, 0.15) is 12.1 Å². The second-order valence-electron chi connectivity index (χ2n) is 9.54. The molecule has 2 amide bonds. The molecule has 0 bridgehead atoms. The van der Waals surface area contributed by atoms with E-state index in [4.69, 9.17) is 0 Å². The third kappa shape index (κ3) is 5.24. The molecular formula is C22H32BN5O4. The van der Waals surface area contributed by atoms with E-state index in [1.54, 1.807) is 6.20 Å². The van der Waals surface area contributed by atoms with Crippen LogP contribution in [0.15, 0.2) is 24.4 Å². The summed E-state index contributed by atoms with van der Waals surface area (Å²) >= 11 is 0. The van der Waals surface area contributed by atoms with Crippen molar-refractivity contribution in [3.05, 3.63) is 24.4 Å². The number of aromatic nitrogens is 2. The second kappa shape index (κ2) is 9.50. The Bertz CT molecular complexity index is 961. The summed E-state index contributed by atoms with van der Waals surface area (Å²) < 4.78 is 0. The molecule has 1 aliphatic carbocycles. The number of hydrogen-bond donors (Lipinski definition) is 5. The van der Waals surface area contributed by atoms with Crippen LogP contribution in [0.4, 0.5) is 5.69 Å². The molecule has 2 aliphatic rings. The summed E-state index contributed by atoms with van der Waals surface area (Å²) in [6.07, 6.45) is 5.60. The first-order valence-corrected chi connectivity index (χ1v) is 11.5. The predicted molar refractivity (Wildman–Crippen MR) is 123 cm³/mol. The number of nitrogens with zero attached hydrogens (tertiary/aromatic N) is 2. The molecule has 3 atom stereocenters. The van der Waals surface area contributed by atoms with Gasteiger partial charge in [-0.15, -0.1) is 0 Å². The Kier molecular flexibility index (Phi) is 6.71. The van der Waals surface area contributed by atoms with Gasteiger partial charge in [-0.2, -0.15) is 5.10 Å². The van der Waals surface area contributed by atoms with Gasteiger partial charge in [-0.25, -0.2) is 0 Å². The monoisotopic (exact) mass is 441 g/mol. The number of anilines is 1. The van der Waals surface area contributed by atoms with Crippen LogP contribution < -0.4 is 15.5 Å². The molecule has 10 heteroatoms. The van der Waals surface area contributed by atoms with Gasteiger partial charge in [0.2, 0.25) is 11.8 Å². The molecular weight excluding hydrogens is 409 g/mol. The second-order valence-corrected chi connectivity index (χ2v) is 9.54. The molecule has 172 valence electrons. The van der Waals surface area contributed by atoms with Crippen LogP contribution in [0.5, 0.6) is 0 Å². The maximum absolute atomic E-state index is 13.1. The van der Waals surface area contributed by atoms with Gasteiger partial charge in [0.25, 0.3) is 0 Å². The number of rotatable bonds is 10. The Morgan fingerprint density at radius 2 is 2.03 bits per heavy atom. The minimum Gasteiger partial charge on any atom is -0.426 e. The van der Waals surface area contributed by atoms with Gasteiger partial charge >= 0.3 is 7.12 Å². The van der Waals surface area contributed by atoms with Crippen molar-refractivity contribution in [1.29, 1.82) is 0 Å². The summed E-state index contributed by atoms with van der Waals surface area (Å²) in [4.78, 5) is 28.1. The zero-order chi connectivity index (χ0) is 22.8. The van der Waals surface area contributed by atoms with E-state index < -0.39 is 19.1 Å². The highest BCUT2D eigenvalue weighted by molar-refractivity contribution is 6.43. The summed E-state index contributed by atoms with van der Waals surface area (Å²) in [5.41, 5.74) is 1.90. The fraction of sp³-hybridized carbons (Fsp3) is 0.591. The fourth-order valence-corrected chi connectivity index (χ4v) is 4.31. The zero-order valence-corrected chi connectivity index (χ0v) is 18.6. The summed E-state index contributed by atoms with van der Waals surface area (Å²) in [7, 11) is -1.64. The summed E-state index contributed by atoms with van der Waals surface area (Å²) in [6, 6.07) is 4.91. The van der Waals surface area contributed by atoms with E-state index in [9.17, 15) is 19.6 Å². The molecule has 1 aromatic carbocycles. The van der Waals surface area contributed by atoms with Crippen LogP contribution in [0, 0.1) is 11.8 Å². The molecule has 2 heterocycles. The lowest BCUT2D eigenvalue weighted by Crippen LogP contribution is -2.61. The molecule has 5 N–H and O–H groups in total. The summed E-state index contributed by atoms with van der Waals surface area (Å²) in [6.45, 7) is 4.68. The first-order chi connectivity index (χ1) is 15.3. The quantitative estimate of drug-likeness (QED) is 0.350. The third-order valence-corrected chi connectivity index (χ3v) is 6.39. The lowest BCUT2D eigenvalue weighted by Gasteiger charge is -2.42. The maximum Gasteiger partial charge on any atom is 0.475 e. The van der Waals surface area contributed by atoms with E-state index >= 15 is 0 Å². The van der Waals surface area contributed by atoms with E-state index in [1.807, 2.05) is 36.9 Å². The van der Waals surface area contributed by atoms with Crippen molar-refractivity contribution in [1.82, 2.24) is 20.8 Å². The normalized spacial score (nSPS) is 20.0. The molecule has 1 saturated carbocycles. The topological polar surface area (TPSA) is 131 Å². The lowest BCUT2D eigenvalue weighted by molar-refractivity contribution is -0.130. The average Bonchev–Trinajstić information content (AvgIpc) is 3.39.